The summed E-state index contributed by atoms with van der Waals surface area (Å²) < 4.78 is 0. The Morgan fingerprint density at radius 2 is 2.31 bits per heavy atom. The predicted octanol–water partition coefficient (Wildman–Crippen LogP) is -0.306. The van der Waals surface area contributed by atoms with Gasteiger partial charge < -0.3 is 16.0 Å². The molecule has 1 aliphatic heterocycles. The minimum absolute atomic E-state index is 0.126. The average molecular weight is 224 g/mol. The van der Waals surface area contributed by atoms with Crippen molar-refractivity contribution < 1.29 is 9.59 Å². The normalized spacial score (nSPS) is 24.6. The second kappa shape index (κ2) is 4.11. The number of amidine groups is 1. The van der Waals surface area contributed by atoms with Gasteiger partial charge in [-0.05, 0) is 18.8 Å². The maximum Gasteiger partial charge on any atom is 0.345 e. The lowest BCUT2D eigenvalue weighted by Crippen LogP contribution is -2.44. The molecule has 1 saturated carbocycles. The fourth-order valence-electron chi connectivity index (χ4n) is 1.82. The molecule has 16 heavy (non-hydrogen) atoms. The third kappa shape index (κ3) is 2.15. The van der Waals surface area contributed by atoms with Crippen molar-refractivity contribution in [2.24, 2.45) is 16.6 Å². The van der Waals surface area contributed by atoms with E-state index in [0.29, 0.717) is 12.5 Å². The molecule has 3 amide bonds. The van der Waals surface area contributed by atoms with Crippen molar-refractivity contribution in [3.05, 3.63) is 0 Å². The molecule has 0 aromatic rings. The van der Waals surface area contributed by atoms with Crippen molar-refractivity contribution in [1.29, 1.82) is 0 Å². The summed E-state index contributed by atoms with van der Waals surface area (Å²) in [6.45, 7) is 0.671. The van der Waals surface area contributed by atoms with E-state index in [2.05, 4.69) is 10.3 Å². The molecular formula is C10H16N4O2. The van der Waals surface area contributed by atoms with Gasteiger partial charge in [0.15, 0.2) is 0 Å². The molecule has 6 heteroatoms. The molecule has 0 aromatic heterocycles. The summed E-state index contributed by atoms with van der Waals surface area (Å²) in [5, 5.41) is 2.53. The van der Waals surface area contributed by atoms with Crippen molar-refractivity contribution >= 4 is 17.8 Å². The zero-order valence-electron chi connectivity index (χ0n) is 9.27. The third-order valence-corrected chi connectivity index (χ3v) is 3.00. The molecule has 2 rings (SSSR count). The van der Waals surface area contributed by atoms with Gasteiger partial charge in [0.1, 0.15) is 5.84 Å². The molecule has 0 spiro atoms. The number of carbonyl (C=O) groups excluding carboxylic acids is 2. The molecule has 6 nitrogen and oxygen atoms in total. The molecule has 1 unspecified atom stereocenters. The molecule has 0 bridgehead atoms. The number of nitrogens with one attached hydrogen (secondary N) is 1. The first kappa shape index (κ1) is 10.9. The Bertz CT molecular complexity index is 349. The van der Waals surface area contributed by atoms with E-state index in [4.69, 9.17) is 5.73 Å². The van der Waals surface area contributed by atoms with E-state index in [1.165, 1.54) is 0 Å². The smallest absolute Gasteiger partial charge is 0.345 e. The summed E-state index contributed by atoms with van der Waals surface area (Å²) in [6, 6.07) is -0.661. The van der Waals surface area contributed by atoms with Gasteiger partial charge in [0.05, 0.1) is 12.5 Å². The number of rotatable bonds is 4. The van der Waals surface area contributed by atoms with Gasteiger partial charge in [0.2, 0.25) is 5.91 Å². The van der Waals surface area contributed by atoms with Gasteiger partial charge in [0.25, 0.3) is 0 Å². The Morgan fingerprint density at radius 3 is 2.88 bits per heavy atom. The largest absolute Gasteiger partial charge is 0.385 e. The predicted molar refractivity (Wildman–Crippen MR) is 58.9 cm³/mol. The highest BCUT2D eigenvalue weighted by molar-refractivity contribution is 6.04. The Hall–Kier alpha value is -1.59. The highest BCUT2D eigenvalue weighted by Gasteiger charge is 2.37. The lowest BCUT2D eigenvalue weighted by Gasteiger charge is -2.23. The number of carbonyl (C=O) groups is 2. The van der Waals surface area contributed by atoms with E-state index >= 15 is 0 Å². The number of urea groups is 1. The average Bonchev–Trinajstić information content (AvgIpc) is 3.01. The Morgan fingerprint density at radius 1 is 1.62 bits per heavy atom. The highest BCUT2D eigenvalue weighted by Crippen LogP contribution is 2.31. The summed E-state index contributed by atoms with van der Waals surface area (Å²) in [4.78, 5) is 28.2. The van der Waals surface area contributed by atoms with Crippen LogP contribution in [-0.4, -0.2) is 42.3 Å². The molecule has 3 N–H and O–H groups in total. The molecule has 1 fully saturated rings. The second-order valence-electron chi connectivity index (χ2n) is 4.31. The van der Waals surface area contributed by atoms with Gasteiger partial charge in [0, 0.05) is 13.6 Å². The first-order valence-electron chi connectivity index (χ1n) is 5.47. The molecule has 1 heterocycles. The highest BCUT2D eigenvalue weighted by atomic mass is 16.2. The number of amides is 3. The number of hydrogen-bond acceptors (Lipinski definition) is 3. The summed E-state index contributed by atoms with van der Waals surface area (Å²) >= 11 is 0. The third-order valence-electron chi connectivity index (χ3n) is 3.00. The van der Waals surface area contributed by atoms with Crippen LogP contribution in [0.2, 0.25) is 0 Å². The van der Waals surface area contributed by atoms with Crippen LogP contribution in [-0.2, 0) is 4.79 Å². The topological polar surface area (TPSA) is 87.8 Å². The van der Waals surface area contributed by atoms with Crippen LogP contribution < -0.4 is 11.1 Å². The standard InChI is InChI=1S/C10H16N4O2/c1-12-8(15)4-7-9(11)13-10(16)14(7)5-6-2-3-6/h6-7H,2-5H2,1H3,(H,12,15)(H2,11,13,16). The Balaban J connectivity index is 2.02. The van der Waals surface area contributed by atoms with Crippen LogP contribution >= 0.6 is 0 Å². The van der Waals surface area contributed by atoms with Crippen LogP contribution in [0.5, 0.6) is 0 Å². The monoisotopic (exact) mass is 224 g/mol. The van der Waals surface area contributed by atoms with Crippen molar-refractivity contribution in [3.63, 3.8) is 0 Å². The molecule has 0 saturated heterocycles. The van der Waals surface area contributed by atoms with Crippen LogP contribution in [0.15, 0.2) is 4.99 Å². The Kier molecular flexibility index (Phi) is 2.80. The first-order chi connectivity index (χ1) is 7.61. The molecule has 2 aliphatic rings. The minimum atomic E-state index is -0.354. The van der Waals surface area contributed by atoms with Crippen LogP contribution in [0.3, 0.4) is 0 Å². The molecule has 0 radical (unpaired) electrons. The number of aliphatic imine (C=N–C) groups is 1. The summed E-state index contributed by atoms with van der Waals surface area (Å²) in [5.41, 5.74) is 5.67. The van der Waals surface area contributed by atoms with Crippen molar-refractivity contribution in [2.45, 2.75) is 25.3 Å². The zero-order chi connectivity index (χ0) is 11.7. The lowest BCUT2D eigenvalue weighted by atomic mass is 10.1. The van der Waals surface area contributed by atoms with Crippen molar-refractivity contribution in [2.75, 3.05) is 13.6 Å². The molecule has 0 aromatic carbocycles. The van der Waals surface area contributed by atoms with Crippen LogP contribution in [0, 0.1) is 5.92 Å². The summed E-state index contributed by atoms with van der Waals surface area (Å²) in [7, 11) is 1.57. The summed E-state index contributed by atoms with van der Waals surface area (Å²) in [6.07, 6.45) is 2.50. The fraction of sp³-hybridized carbons (Fsp3) is 0.700. The van der Waals surface area contributed by atoms with Gasteiger partial charge in [-0.25, -0.2) is 4.79 Å². The van der Waals surface area contributed by atoms with Gasteiger partial charge >= 0.3 is 6.03 Å². The lowest BCUT2D eigenvalue weighted by molar-refractivity contribution is -0.121. The number of hydrogen-bond donors (Lipinski definition) is 2. The molecule has 1 aliphatic carbocycles. The van der Waals surface area contributed by atoms with Crippen LogP contribution in [0.25, 0.3) is 0 Å². The van der Waals surface area contributed by atoms with Gasteiger partial charge in [-0.15, -0.1) is 0 Å². The van der Waals surface area contributed by atoms with Crippen LogP contribution in [0.1, 0.15) is 19.3 Å². The van der Waals surface area contributed by atoms with Crippen LogP contribution in [0.4, 0.5) is 4.79 Å². The number of nitrogens with two attached hydrogens (primary N) is 1. The number of nitrogens with zero attached hydrogens (tertiary/aromatic N) is 2. The van der Waals surface area contributed by atoms with Crippen molar-refractivity contribution in [1.82, 2.24) is 10.2 Å². The SMILES string of the molecule is CNC(=O)CC1C(N)=NC(=O)N1CC1CC1. The molecule has 1 atom stereocenters. The quantitative estimate of drug-likeness (QED) is 0.686. The molecular weight excluding hydrogens is 208 g/mol. The van der Waals surface area contributed by atoms with Gasteiger partial charge in [-0.1, -0.05) is 0 Å². The van der Waals surface area contributed by atoms with E-state index in [1.807, 2.05) is 0 Å². The Labute approximate surface area is 93.9 Å². The van der Waals surface area contributed by atoms with Gasteiger partial charge in [-0.2, -0.15) is 4.99 Å². The van der Waals surface area contributed by atoms with Gasteiger partial charge in [-0.3, -0.25) is 4.79 Å². The fourth-order valence-corrected chi connectivity index (χ4v) is 1.82. The summed E-state index contributed by atoms with van der Waals surface area (Å²) in [5.74, 6) is 0.699. The second-order valence-corrected chi connectivity index (χ2v) is 4.31. The van der Waals surface area contributed by atoms with E-state index < -0.39 is 0 Å². The van der Waals surface area contributed by atoms with E-state index in [-0.39, 0.29) is 30.2 Å². The van der Waals surface area contributed by atoms with E-state index in [0.717, 1.165) is 12.8 Å². The maximum absolute atomic E-state index is 11.6. The maximum atomic E-state index is 11.6. The van der Waals surface area contributed by atoms with E-state index in [1.54, 1.807) is 11.9 Å². The minimum Gasteiger partial charge on any atom is -0.385 e. The van der Waals surface area contributed by atoms with E-state index in [9.17, 15) is 9.59 Å². The molecule has 88 valence electrons. The first-order valence-corrected chi connectivity index (χ1v) is 5.47. The van der Waals surface area contributed by atoms with Crippen molar-refractivity contribution in [3.8, 4) is 0 Å². The zero-order valence-corrected chi connectivity index (χ0v) is 9.27.